The Morgan fingerprint density at radius 2 is 2.10 bits per heavy atom. The quantitative estimate of drug-likeness (QED) is 0.565. The maximum atomic E-state index is 14.0. The van der Waals surface area contributed by atoms with Crippen molar-refractivity contribution in [3.63, 3.8) is 0 Å². The largest absolute Gasteiger partial charge is 0.379 e. The van der Waals surface area contributed by atoms with E-state index < -0.39 is 0 Å². The topological polar surface area (TPSA) is 58.9 Å². The number of hydrogen-bond donors (Lipinski definition) is 1. The van der Waals surface area contributed by atoms with E-state index >= 15 is 0 Å². The van der Waals surface area contributed by atoms with Gasteiger partial charge >= 0.3 is 0 Å². The van der Waals surface area contributed by atoms with Crippen LogP contribution in [0.3, 0.4) is 0 Å². The molecule has 1 N–H and O–H groups in total. The Bertz CT molecular complexity index is 1030. The Kier molecular flexibility index (Phi) is 6.94. The number of aromatic nitrogens is 2. The summed E-state index contributed by atoms with van der Waals surface area (Å²) in [5.74, 6) is -0.635. The highest BCUT2D eigenvalue weighted by Crippen LogP contribution is 2.29. The molecule has 1 fully saturated rings. The number of morpholine rings is 1. The number of nitrogens with zero attached hydrogens (tertiary/aromatic N) is 3. The van der Waals surface area contributed by atoms with Crippen molar-refractivity contribution in [2.24, 2.45) is 0 Å². The molecule has 0 saturated carbocycles. The summed E-state index contributed by atoms with van der Waals surface area (Å²) in [5, 5.41) is 3.04. The van der Waals surface area contributed by atoms with Gasteiger partial charge < -0.3 is 14.5 Å². The van der Waals surface area contributed by atoms with Gasteiger partial charge in [-0.1, -0.05) is 12.1 Å². The number of fused-ring (bicyclic) bond motifs is 1. The molecule has 0 bridgehead atoms. The first-order valence-electron chi connectivity index (χ1n) is 10.9. The number of benzene rings is 1. The van der Waals surface area contributed by atoms with Gasteiger partial charge in [-0.2, -0.15) is 0 Å². The lowest BCUT2D eigenvalue weighted by molar-refractivity contribution is -0.121. The molecule has 1 unspecified atom stereocenters. The molecule has 4 rings (SSSR count). The van der Waals surface area contributed by atoms with E-state index in [1.165, 1.54) is 12.1 Å². The highest BCUT2D eigenvalue weighted by atomic mass is 19.1. The molecule has 1 aliphatic heterocycles. The lowest BCUT2D eigenvalue weighted by Crippen LogP contribution is -2.38. The summed E-state index contributed by atoms with van der Waals surface area (Å²) in [7, 11) is 0. The number of amides is 1. The highest BCUT2D eigenvalue weighted by Gasteiger charge is 2.22. The first-order valence-corrected chi connectivity index (χ1v) is 10.9. The minimum Gasteiger partial charge on any atom is -0.379 e. The third kappa shape index (κ3) is 5.48. The highest BCUT2D eigenvalue weighted by molar-refractivity contribution is 5.77. The van der Waals surface area contributed by atoms with Crippen LogP contribution < -0.4 is 5.32 Å². The maximum Gasteiger partial charge on any atom is 0.221 e. The second-order valence-electron chi connectivity index (χ2n) is 8.08. The molecule has 1 atom stereocenters. The van der Waals surface area contributed by atoms with E-state index in [2.05, 4.69) is 15.2 Å². The van der Waals surface area contributed by atoms with Gasteiger partial charge in [-0.15, -0.1) is 0 Å². The summed E-state index contributed by atoms with van der Waals surface area (Å²) in [5.41, 5.74) is 3.59. The number of pyridine rings is 1. The number of hydrogen-bond acceptors (Lipinski definition) is 4. The average molecular weight is 425 g/mol. The van der Waals surface area contributed by atoms with Crippen LogP contribution in [0.2, 0.25) is 0 Å². The van der Waals surface area contributed by atoms with Crippen LogP contribution in [0, 0.1) is 12.7 Å². The smallest absolute Gasteiger partial charge is 0.221 e. The molecule has 31 heavy (non-hydrogen) atoms. The van der Waals surface area contributed by atoms with Gasteiger partial charge in [0.2, 0.25) is 5.91 Å². The Morgan fingerprint density at radius 1 is 1.26 bits per heavy atom. The predicted octanol–water partition coefficient (Wildman–Crippen LogP) is 3.14. The zero-order valence-corrected chi connectivity index (χ0v) is 17.9. The molecule has 1 aliphatic rings. The number of rotatable bonds is 8. The van der Waals surface area contributed by atoms with Crippen molar-refractivity contribution in [2.45, 2.75) is 25.7 Å². The van der Waals surface area contributed by atoms with Crippen molar-refractivity contribution in [3.8, 4) is 0 Å². The zero-order chi connectivity index (χ0) is 21.6. The molecule has 3 aromatic rings. The molecule has 0 aliphatic carbocycles. The van der Waals surface area contributed by atoms with Crippen LogP contribution in [0.5, 0.6) is 0 Å². The average Bonchev–Trinajstić information content (AvgIpc) is 3.18. The number of carbonyl (C=O) groups excluding carboxylic acids is 1. The number of halogens is 1. The van der Waals surface area contributed by atoms with Crippen molar-refractivity contribution in [1.29, 1.82) is 0 Å². The van der Waals surface area contributed by atoms with Gasteiger partial charge in [-0.05, 0) is 55.3 Å². The van der Waals surface area contributed by atoms with Gasteiger partial charge in [0.05, 0.1) is 18.9 Å². The molecule has 3 heterocycles. The number of aryl methyl sites for hydroxylation is 1. The summed E-state index contributed by atoms with van der Waals surface area (Å²) in [4.78, 5) is 19.6. The fraction of sp³-hybridized carbons (Fsp3) is 0.417. The van der Waals surface area contributed by atoms with Crippen molar-refractivity contribution >= 4 is 11.6 Å². The molecular formula is C24H29FN4O2. The molecule has 1 saturated heterocycles. The summed E-state index contributed by atoms with van der Waals surface area (Å²) in [6.07, 6.45) is 4.88. The molecule has 1 amide bonds. The predicted molar refractivity (Wildman–Crippen MR) is 118 cm³/mol. The minimum atomic E-state index is -0.307. The van der Waals surface area contributed by atoms with E-state index in [1.807, 2.05) is 35.7 Å². The number of ether oxygens (including phenoxy) is 1. The van der Waals surface area contributed by atoms with Crippen molar-refractivity contribution in [3.05, 3.63) is 71.4 Å². The first kappa shape index (κ1) is 21.5. The fourth-order valence-corrected chi connectivity index (χ4v) is 4.09. The van der Waals surface area contributed by atoms with Gasteiger partial charge in [0.25, 0.3) is 0 Å². The lowest BCUT2D eigenvalue weighted by Gasteiger charge is -2.26. The van der Waals surface area contributed by atoms with Crippen LogP contribution in [0.25, 0.3) is 5.65 Å². The Labute approximate surface area is 182 Å². The van der Waals surface area contributed by atoms with Gasteiger partial charge in [0.15, 0.2) is 0 Å². The molecule has 0 radical (unpaired) electrons. The van der Waals surface area contributed by atoms with Gasteiger partial charge in [0, 0.05) is 44.4 Å². The SMILES string of the molecule is Cc1ccn2c(C(CC(=O)NCCCN3CCOCC3)c3cccc(F)c3)cnc2c1. The summed E-state index contributed by atoms with van der Waals surface area (Å²) < 4.78 is 21.3. The third-order valence-corrected chi connectivity index (χ3v) is 5.77. The monoisotopic (exact) mass is 424 g/mol. The van der Waals surface area contributed by atoms with E-state index in [0.29, 0.717) is 6.54 Å². The number of nitrogens with one attached hydrogen (secondary N) is 1. The van der Waals surface area contributed by atoms with Crippen LogP contribution in [-0.4, -0.2) is 59.6 Å². The molecule has 0 spiro atoms. The molecule has 6 nitrogen and oxygen atoms in total. The number of carbonyl (C=O) groups is 1. The Morgan fingerprint density at radius 3 is 2.90 bits per heavy atom. The van der Waals surface area contributed by atoms with Crippen LogP contribution in [0.15, 0.2) is 48.8 Å². The van der Waals surface area contributed by atoms with Gasteiger partial charge in [0.1, 0.15) is 11.5 Å². The van der Waals surface area contributed by atoms with Crippen molar-refractivity contribution in [1.82, 2.24) is 19.6 Å². The Hall–Kier alpha value is -2.77. The third-order valence-electron chi connectivity index (χ3n) is 5.77. The molecule has 164 valence electrons. The Balaban J connectivity index is 1.45. The minimum absolute atomic E-state index is 0.0432. The summed E-state index contributed by atoms with van der Waals surface area (Å²) in [6, 6.07) is 10.5. The van der Waals surface area contributed by atoms with E-state index in [1.54, 1.807) is 12.3 Å². The summed E-state index contributed by atoms with van der Waals surface area (Å²) in [6.45, 7) is 7.04. The molecule has 2 aromatic heterocycles. The van der Waals surface area contributed by atoms with E-state index in [4.69, 9.17) is 4.74 Å². The number of imidazole rings is 1. The van der Waals surface area contributed by atoms with Crippen LogP contribution in [0.4, 0.5) is 4.39 Å². The molecule has 7 heteroatoms. The second kappa shape index (κ2) is 10.0. The van der Waals surface area contributed by atoms with E-state index in [0.717, 1.165) is 61.7 Å². The summed E-state index contributed by atoms with van der Waals surface area (Å²) >= 11 is 0. The second-order valence-corrected chi connectivity index (χ2v) is 8.08. The van der Waals surface area contributed by atoms with Crippen molar-refractivity contribution < 1.29 is 13.9 Å². The zero-order valence-electron chi connectivity index (χ0n) is 17.9. The van der Waals surface area contributed by atoms with Crippen LogP contribution in [-0.2, 0) is 9.53 Å². The van der Waals surface area contributed by atoms with Crippen LogP contribution >= 0.6 is 0 Å². The van der Waals surface area contributed by atoms with E-state index in [9.17, 15) is 9.18 Å². The molecular weight excluding hydrogens is 395 g/mol. The van der Waals surface area contributed by atoms with Gasteiger partial charge in [-0.3, -0.25) is 9.69 Å². The standard InChI is InChI=1S/C24H29FN4O2/c1-18-6-9-29-22(17-27-23(29)14-18)21(19-4-2-5-20(25)15-19)16-24(30)26-7-3-8-28-10-12-31-13-11-28/h2,4-6,9,14-15,17,21H,3,7-8,10-13,16H2,1H3,(H,26,30). The normalized spacial score (nSPS) is 15.8. The molecule has 1 aromatic carbocycles. The van der Waals surface area contributed by atoms with Gasteiger partial charge in [-0.25, -0.2) is 9.37 Å². The lowest BCUT2D eigenvalue weighted by atomic mass is 9.92. The van der Waals surface area contributed by atoms with Crippen LogP contribution in [0.1, 0.15) is 35.6 Å². The first-order chi connectivity index (χ1) is 15.1. The van der Waals surface area contributed by atoms with Crippen molar-refractivity contribution in [2.75, 3.05) is 39.4 Å². The van der Waals surface area contributed by atoms with E-state index in [-0.39, 0.29) is 24.1 Å². The maximum absolute atomic E-state index is 14.0. The fourth-order valence-electron chi connectivity index (χ4n) is 4.09.